The highest BCUT2D eigenvalue weighted by Crippen LogP contribution is 2.20. The molecule has 0 fully saturated rings. The molecule has 0 aliphatic heterocycles. The third-order valence-electron chi connectivity index (χ3n) is 2.30. The number of hydrogen-bond donors (Lipinski definition) is 2. The number of H-pyrrole nitrogens is 1. The second-order valence-electron chi connectivity index (χ2n) is 3.49. The molecule has 0 amide bonds. The van der Waals surface area contributed by atoms with E-state index in [1.807, 2.05) is 30.3 Å². The molecule has 15 heavy (non-hydrogen) atoms. The van der Waals surface area contributed by atoms with Gasteiger partial charge in [0.25, 0.3) is 0 Å². The van der Waals surface area contributed by atoms with Crippen LogP contribution < -0.4 is 4.90 Å². The Balaban J connectivity index is 2.32. The van der Waals surface area contributed by atoms with E-state index in [2.05, 4.69) is 4.98 Å². The number of benzene rings is 1. The van der Waals surface area contributed by atoms with Gasteiger partial charge in [0.05, 0.1) is 0 Å². The fraction of sp³-hybridized carbons (Fsp3) is 0.182. The van der Waals surface area contributed by atoms with Crippen LogP contribution >= 0.6 is 0 Å². The quantitative estimate of drug-likeness (QED) is 0.799. The molecule has 4 nitrogen and oxygen atoms in total. The lowest BCUT2D eigenvalue weighted by atomic mass is 10.2. The summed E-state index contributed by atoms with van der Waals surface area (Å²) in [6, 6.07) is 9.80. The highest BCUT2D eigenvalue weighted by atomic mass is 16.4. The molecule has 4 heteroatoms. The number of fused-ring (bicyclic) bond motifs is 1. The van der Waals surface area contributed by atoms with E-state index in [0.29, 0.717) is 0 Å². The monoisotopic (exact) mass is 204 g/mol. The van der Waals surface area contributed by atoms with Crippen LogP contribution in [0.5, 0.6) is 0 Å². The van der Waals surface area contributed by atoms with Gasteiger partial charge in [-0.2, -0.15) is 0 Å². The molecule has 0 spiro atoms. The number of rotatable bonds is 3. The average Bonchev–Trinajstić information content (AvgIpc) is 2.59. The first-order valence-electron chi connectivity index (χ1n) is 4.67. The molecule has 2 N–H and O–H groups in total. The SMILES string of the molecule is CN(CC(=O)O)c1cc2ccccc2[nH]1. The first-order chi connectivity index (χ1) is 7.16. The summed E-state index contributed by atoms with van der Waals surface area (Å²) in [4.78, 5) is 15.4. The predicted molar refractivity (Wildman–Crippen MR) is 59.2 cm³/mol. The van der Waals surface area contributed by atoms with Gasteiger partial charge in [0, 0.05) is 18.0 Å². The molecule has 1 heterocycles. The number of nitrogens with one attached hydrogen (secondary N) is 1. The molecule has 0 unspecified atom stereocenters. The highest BCUT2D eigenvalue weighted by molar-refractivity contribution is 5.84. The summed E-state index contributed by atoms with van der Waals surface area (Å²) in [6.45, 7) is -0.00712. The van der Waals surface area contributed by atoms with E-state index < -0.39 is 5.97 Å². The minimum absolute atomic E-state index is 0.00712. The van der Waals surface area contributed by atoms with Crippen LogP contribution in [0.1, 0.15) is 0 Å². The van der Waals surface area contributed by atoms with Crippen LogP contribution in [-0.2, 0) is 4.79 Å². The van der Waals surface area contributed by atoms with Crippen LogP contribution in [-0.4, -0.2) is 29.7 Å². The zero-order valence-electron chi connectivity index (χ0n) is 8.40. The molecule has 2 rings (SSSR count). The minimum atomic E-state index is -0.837. The van der Waals surface area contributed by atoms with Gasteiger partial charge in [-0.3, -0.25) is 4.79 Å². The second-order valence-corrected chi connectivity index (χ2v) is 3.49. The molecule has 1 aromatic heterocycles. The van der Waals surface area contributed by atoms with Crippen LogP contribution in [0.4, 0.5) is 5.82 Å². The van der Waals surface area contributed by atoms with E-state index in [9.17, 15) is 4.79 Å². The number of nitrogens with zero attached hydrogens (tertiary/aromatic N) is 1. The van der Waals surface area contributed by atoms with E-state index in [-0.39, 0.29) is 6.54 Å². The lowest BCUT2D eigenvalue weighted by molar-refractivity contribution is -0.135. The molecule has 0 aliphatic carbocycles. The van der Waals surface area contributed by atoms with Crippen molar-refractivity contribution in [1.29, 1.82) is 0 Å². The summed E-state index contributed by atoms with van der Waals surface area (Å²) in [5.74, 6) is -0.0187. The average molecular weight is 204 g/mol. The molecule has 0 saturated heterocycles. The third kappa shape index (κ3) is 1.93. The first kappa shape index (κ1) is 9.58. The number of para-hydroxylation sites is 1. The number of carbonyl (C=O) groups is 1. The van der Waals surface area contributed by atoms with Crippen molar-refractivity contribution in [3.63, 3.8) is 0 Å². The largest absolute Gasteiger partial charge is 0.480 e. The van der Waals surface area contributed by atoms with Crippen molar-refractivity contribution in [2.45, 2.75) is 0 Å². The van der Waals surface area contributed by atoms with Crippen LogP contribution in [0.2, 0.25) is 0 Å². The van der Waals surface area contributed by atoms with E-state index in [0.717, 1.165) is 16.7 Å². The standard InChI is InChI=1S/C11H12N2O2/c1-13(7-11(14)15)10-6-8-4-2-3-5-9(8)12-10/h2-6,12H,7H2,1H3,(H,14,15). The molecule has 0 bridgehead atoms. The fourth-order valence-electron chi connectivity index (χ4n) is 1.55. The van der Waals surface area contributed by atoms with Gasteiger partial charge in [-0.15, -0.1) is 0 Å². The van der Waals surface area contributed by atoms with Crippen molar-refractivity contribution < 1.29 is 9.90 Å². The minimum Gasteiger partial charge on any atom is -0.480 e. The van der Waals surface area contributed by atoms with Gasteiger partial charge in [0.1, 0.15) is 12.4 Å². The number of hydrogen-bond acceptors (Lipinski definition) is 2. The summed E-state index contributed by atoms with van der Waals surface area (Å²) in [5.41, 5.74) is 1.02. The molecular weight excluding hydrogens is 192 g/mol. The number of likely N-dealkylation sites (N-methyl/N-ethyl adjacent to an activating group) is 1. The number of carboxylic acids is 1. The fourth-order valence-corrected chi connectivity index (χ4v) is 1.55. The van der Waals surface area contributed by atoms with Crippen molar-refractivity contribution in [3.8, 4) is 0 Å². The Morgan fingerprint density at radius 3 is 2.87 bits per heavy atom. The normalized spacial score (nSPS) is 10.5. The Morgan fingerprint density at radius 1 is 1.47 bits per heavy atom. The van der Waals surface area contributed by atoms with E-state index in [1.54, 1.807) is 11.9 Å². The third-order valence-corrected chi connectivity index (χ3v) is 2.30. The van der Waals surface area contributed by atoms with Crippen molar-refractivity contribution in [1.82, 2.24) is 4.98 Å². The van der Waals surface area contributed by atoms with E-state index in [4.69, 9.17) is 5.11 Å². The maximum Gasteiger partial charge on any atom is 0.323 e. The smallest absolute Gasteiger partial charge is 0.323 e. The number of carboxylic acid groups (broad SMARTS) is 1. The number of aromatic nitrogens is 1. The number of aromatic amines is 1. The first-order valence-corrected chi connectivity index (χ1v) is 4.67. The van der Waals surface area contributed by atoms with Crippen molar-refractivity contribution in [2.24, 2.45) is 0 Å². The zero-order chi connectivity index (χ0) is 10.8. The lowest BCUT2D eigenvalue weighted by Crippen LogP contribution is -2.25. The van der Waals surface area contributed by atoms with Crippen molar-refractivity contribution in [3.05, 3.63) is 30.3 Å². The molecule has 0 atom stereocenters. The highest BCUT2D eigenvalue weighted by Gasteiger charge is 2.07. The van der Waals surface area contributed by atoms with Gasteiger partial charge in [0.2, 0.25) is 0 Å². The Kier molecular flexibility index (Phi) is 2.33. The van der Waals surface area contributed by atoms with Gasteiger partial charge in [-0.05, 0) is 12.1 Å². The second kappa shape index (κ2) is 3.65. The summed E-state index contributed by atoms with van der Waals surface area (Å²) in [5, 5.41) is 9.75. The molecule has 0 saturated carbocycles. The Labute approximate surface area is 87.1 Å². The number of aliphatic carboxylic acids is 1. The topological polar surface area (TPSA) is 56.3 Å². The van der Waals surface area contributed by atoms with Crippen molar-refractivity contribution >= 4 is 22.7 Å². The van der Waals surface area contributed by atoms with Gasteiger partial charge >= 0.3 is 5.97 Å². The summed E-state index contributed by atoms with van der Waals surface area (Å²) < 4.78 is 0. The zero-order valence-corrected chi connectivity index (χ0v) is 8.40. The van der Waals surface area contributed by atoms with Crippen LogP contribution in [0, 0.1) is 0 Å². The van der Waals surface area contributed by atoms with Crippen LogP contribution in [0.3, 0.4) is 0 Å². The Hall–Kier alpha value is -1.97. The summed E-state index contributed by atoms with van der Waals surface area (Å²) in [6.07, 6.45) is 0. The van der Waals surface area contributed by atoms with Gasteiger partial charge in [-0.25, -0.2) is 0 Å². The van der Waals surface area contributed by atoms with Gasteiger partial charge < -0.3 is 15.0 Å². The molecule has 0 radical (unpaired) electrons. The Bertz CT molecular complexity index is 457. The summed E-state index contributed by atoms with van der Waals surface area (Å²) in [7, 11) is 1.75. The van der Waals surface area contributed by atoms with Gasteiger partial charge in [0.15, 0.2) is 0 Å². The van der Waals surface area contributed by atoms with Gasteiger partial charge in [-0.1, -0.05) is 18.2 Å². The predicted octanol–water partition coefficient (Wildman–Crippen LogP) is 1.69. The van der Waals surface area contributed by atoms with Crippen LogP contribution in [0.25, 0.3) is 10.9 Å². The molecule has 2 aromatic rings. The van der Waals surface area contributed by atoms with E-state index >= 15 is 0 Å². The van der Waals surface area contributed by atoms with E-state index in [1.165, 1.54) is 0 Å². The molecule has 0 aliphatic rings. The maximum atomic E-state index is 10.5. The molecule has 1 aromatic carbocycles. The Morgan fingerprint density at radius 2 is 2.20 bits per heavy atom. The molecule has 78 valence electrons. The summed E-state index contributed by atoms with van der Waals surface area (Å²) >= 11 is 0. The van der Waals surface area contributed by atoms with Crippen molar-refractivity contribution in [2.75, 3.05) is 18.5 Å². The number of anilines is 1. The molecular formula is C11H12N2O2. The van der Waals surface area contributed by atoms with Crippen LogP contribution in [0.15, 0.2) is 30.3 Å². The maximum absolute atomic E-state index is 10.5. The lowest BCUT2D eigenvalue weighted by Gasteiger charge is -2.13.